The zero-order valence-corrected chi connectivity index (χ0v) is 23.9. The predicted molar refractivity (Wildman–Crippen MR) is 149 cm³/mol. The molecule has 0 spiro atoms. The fraction of sp³-hybridized carbons (Fsp3) is 0.357. The van der Waals surface area contributed by atoms with E-state index >= 15 is 0 Å². The SMILES string of the molecule is O=C(Nc1cn(C(CCCCC(F)(F)F)C(=O)N2C[C@@H](Oc3ccccc3)C[C@H]2C(=O)O)cn1)c1ccccc1S(=O)(=O)O. The Morgan fingerprint density at radius 2 is 1.75 bits per heavy atom. The van der Waals surface area contributed by atoms with Crippen LogP contribution in [0.15, 0.2) is 72.0 Å². The smallest absolute Gasteiger partial charge is 0.389 e. The van der Waals surface area contributed by atoms with E-state index in [4.69, 9.17) is 4.74 Å². The Balaban J connectivity index is 1.56. The van der Waals surface area contributed by atoms with Crippen LogP contribution in [0.3, 0.4) is 0 Å². The molecule has 1 fully saturated rings. The maximum atomic E-state index is 13.8. The lowest BCUT2D eigenvalue weighted by Gasteiger charge is -2.27. The highest BCUT2D eigenvalue weighted by atomic mass is 32.2. The molecule has 3 aromatic rings. The first-order chi connectivity index (χ1) is 20.7. The Hall–Kier alpha value is -4.44. The van der Waals surface area contributed by atoms with Crippen molar-refractivity contribution < 1.29 is 50.4 Å². The summed E-state index contributed by atoms with van der Waals surface area (Å²) in [5, 5.41) is 12.2. The van der Waals surface area contributed by atoms with Crippen molar-refractivity contribution in [2.75, 3.05) is 11.9 Å². The number of halogens is 3. The van der Waals surface area contributed by atoms with Crippen molar-refractivity contribution >= 4 is 33.7 Å². The zero-order chi connectivity index (χ0) is 32.1. The van der Waals surface area contributed by atoms with Crippen molar-refractivity contribution in [2.45, 2.75) is 61.4 Å². The highest BCUT2D eigenvalue weighted by molar-refractivity contribution is 7.86. The summed E-state index contributed by atoms with van der Waals surface area (Å²) < 4.78 is 78.3. The second-order valence-electron chi connectivity index (χ2n) is 10.1. The predicted octanol–water partition coefficient (Wildman–Crippen LogP) is 4.18. The number of ether oxygens (including phenoxy) is 1. The molecule has 2 amide bonds. The molecule has 236 valence electrons. The fourth-order valence-corrected chi connectivity index (χ4v) is 5.63. The number of aliphatic carboxylic acids is 1. The number of nitrogens with one attached hydrogen (secondary N) is 1. The number of anilines is 1. The number of carboxylic acids is 1. The molecule has 0 radical (unpaired) electrons. The zero-order valence-electron chi connectivity index (χ0n) is 23.1. The topological polar surface area (TPSA) is 168 Å². The van der Waals surface area contributed by atoms with Crippen molar-refractivity contribution in [3.63, 3.8) is 0 Å². The quantitative estimate of drug-likeness (QED) is 0.195. The minimum Gasteiger partial charge on any atom is -0.488 e. The van der Waals surface area contributed by atoms with Crippen LogP contribution in [0.25, 0.3) is 0 Å². The van der Waals surface area contributed by atoms with E-state index in [1.54, 1.807) is 30.3 Å². The van der Waals surface area contributed by atoms with Gasteiger partial charge >= 0.3 is 12.1 Å². The third kappa shape index (κ3) is 8.35. The molecule has 4 rings (SSSR count). The highest BCUT2D eigenvalue weighted by Crippen LogP contribution is 2.30. The van der Waals surface area contributed by atoms with Gasteiger partial charge in [-0.3, -0.25) is 14.1 Å². The molecule has 1 saturated heterocycles. The maximum absolute atomic E-state index is 13.8. The molecular weight excluding hydrogens is 609 g/mol. The highest BCUT2D eigenvalue weighted by Gasteiger charge is 2.43. The molecule has 0 saturated carbocycles. The van der Waals surface area contributed by atoms with Gasteiger partial charge in [-0.05, 0) is 37.1 Å². The van der Waals surface area contributed by atoms with E-state index in [-0.39, 0.29) is 43.6 Å². The summed E-state index contributed by atoms with van der Waals surface area (Å²) in [7, 11) is -4.73. The van der Waals surface area contributed by atoms with E-state index in [9.17, 15) is 45.6 Å². The Labute approximate surface area is 250 Å². The van der Waals surface area contributed by atoms with Gasteiger partial charge in [-0.1, -0.05) is 36.8 Å². The van der Waals surface area contributed by atoms with Gasteiger partial charge < -0.3 is 24.6 Å². The summed E-state index contributed by atoms with van der Waals surface area (Å²) in [6, 6.07) is 11.0. The maximum Gasteiger partial charge on any atom is 0.389 e. The number of carboxylic acid groups (broad SMARTS) is 1. The van der Waals surface area contributed by atoms with Gasteiger partial charge in [0.2, 0.25) is 5.91 Å². The van der Waals surface area contributed by atoms with Gasteiger partial charge in [0, 0.05) is 19.0 Å². The summed E-state index contributed by atoms with van der Waals surface area (Å²) in [4.78, 5) is 43.2. The number of imidazole rings is 1. The first kappa shape index (κ1) is 32.5. The number of alkyl halides is 3. The lowest BCUT2D eigenvalue weighted by atomic mass is 10.1. The number of para-hydroxylation sites is 1. The van der Waals surface area contributed by atoms with Crippen LogP contribution < -0.4 is 10.1 Å². The number of hydrogen-bond acceptors (Lipinski definition) is 7. The van der Waals surface area contributed by atoms with Gasteiger partial charge in [-0.15, -0.1) is 0 Å². The lowest BCUT2D eigenvalue weighted by molar-refractivity contribution is -0.149. The lowest BCUT2D eigenvalue weighted by Crippen LogP contribution is -2.44. The Morgan fingerprint density at radius 3 is 2.41 bits per heavy atom. The summed E-state index contributed by atoms with van der Waals surface area (Å²) in [6.07, 6.45) is -4.17. The molecule has 3 N–H and O–H groups in total. The normalized spacial score (nSPS) is 17.7. The minimum atomic E-state index is -4.73. The Bertz CT molecular complexity index is 1600. The number of carbonyl (C=O) groups excluding carboxylic acids is 2. The summed E-state index contributed by atoms with van der Waals surface area (Å²) in [5.41, 5.74) is -0.379. The number of amides is 2. The number of benzene rings is 2. The standard InChI is InChI=1S/C28H29F3N4O8S/c29-28(30,31)13-7-6-11-21(26(37)35-15-19(14-22(35)27(38)39)43-18-8-2-1-3-9-18)34-16-24(32-17-34)33-25(36)20-10-4-5-12-23(20)44(40,41)42/h1-5,8-10,12,16-17,19,21-22H,6-7,11,13-15H2,(H,33,36)(H,38,39)(H,40,41,42)/t19-,21?,22-/m0/s1. The third-order valence-corrected chi connectivity index (χ3v) is 7.87. The van der Waals surface area contributed by atoms with Crippen molar-refractivity contribution in [2.24, 2.45) is 0 Å². The van der Waals surface area contributed by atoms with E-state index in [2.05, 4.69) is 10.3 Å². The number of unbranched alkanes of at least 4 members (excludes halogenated alkanes) is 1. The van der Waals surface area contributed by atoms with Crippen molar-refractivity contribution in [3.8, 4) is 5.75 Å². The number of aromatic nitrogens is 2. The molecule has 12 nitrogen and oxygen atoms in total. The molecule has 1 unspecified atom stereocenters. The van der Waals surface area contributed by atoms with E-state index in [1.165, 1.54) is 22.9 Å². The van der Waals surface area contributed by atoms with Crippen LogP contribution in [0.4, 0.5) is 19.0 Å². The molecule has 1 aliphatic heterocycles. The number of nitrogens with zero attached hydrogens (tertiary/aromatic N) is 3. The van der Waals surface area contributed by atoms with E-state index in [1.807, 2.05) is 0 Å². The van der Waals surface area contributed by atoms with Crippen LogP contribution >= 0.6 is 0 Å². The van der Waals surface area contributed by atoms with Crippen molar-refractivity contribution in [1.82, 2.24) is 14.5 Å². The Kier molecular flexibility index (Phi) is 9.94. The molecule has 44 heavy (non-hydrogen) atoms. The van der Waals surface area contributed by atoms with Crippen LogP contribution in [0.5, 0.6) is 5.75 Å². The third-order valence-electron chi connectivity index (χ3n) is 6.96. The number of rotatable bonds is 12. The monoisotopic (exact) mass is 638 g/mol. The van der Waals surface area contributed by atoms with Crippen LogP contribution in [-0.4, -0.2) is 75.2 Å². The van der Waals surface area contributed by atoms with Gasteiger partial charge in [-0.2, -0.15) is 21.6 Å². The van der Waals surface area contributed by atoms with Gasteiger partial charge in [0.25, 0.3) is 16.0 Å². The van der Waals surface area contributed by atoms with Crippen LogP contribution in [0.2, 0.25) is 0 Å². The molecule has 1 aromatic heterocycles. The van der Waals surface area contributed by atoms with E-state index < -0.39 is 63.6 Å². The first-order valence-electron chi connectivity index (χ1n) is 13.5. The summed E-state index contributed by atoms with van der Waals surface area (Å²) >= 11 is 0. The molecule has 2 aromatic carbocycles. The van der Waals surface area contributed by atoms with Crippen LogP contribution in [0.1, 0.15) is 48.5 Å². The van der Waals surface area contributed by atoms with E-state index in [0.29, 0.717) is 5.75 Å². The summed E-state index contributed by atoms with van der Waals surface area (Å²) in [5.74, 6) is -2.55. The van der Waals surface area contributed by atoms with Gasteiger partial charge in [0.05, 0.1) is 18.4 Å². The number of carbonyl (C=O) groups is 3. The molecule has 2 heterocycles. The van der Waals surface area contributed by atoms with Gasteiger partial charge in [0.1, 0.15) is 28.8 Å². The summed E-state index contributed by atoms with van der Waals surface area (Å²) in [6.45, 7) is -0.0888. The second-order valence-corrected chi connectivity index (χ2v) is 11.5. The van der Waals surface area contributed by atoms with Gasteiger partial charge in [0.15, 0.2) is 5.82 Å². The van der Waals surface area contributed by atoms with Crippen LogP contribution in [-0.2, 0) is 19.7 Å². The molecule has 1 aliphatic rings. The largest absolute Gasteiger partial charge is 0.488 e. The van der Waals surface area contributed by atoms with Crippen molar-refractivity contribution in [1.29, 1.82) is 0 Å². The second kappa shape index (κ2) is 13.5. The first-order valence-corrected chi connectivity index (χ1v) is 14.9. The number of likely N-dealkylation sites (tertiary alicyclic amines) is 1. The fourth-order valence-electron chi connectivity index (χ4n) is 4.94. The molecule has 16 heteroatoms. The molecule has 3 atom stereocenters. The Morgan fingerprint density at radius 1 is 1.07 bits per heavy atom. The van der Waals surface area contributed by atoms with Crippen LogP contribution in [0, 0.1) is 0 Å². The van der Waals surface area contributed by atoms with E-state index in [0.717, 1.165) is 23.4 Å². The minimum absolute atomic E-state index is 0.0187. The molecule has 0 aliphatic carbocycles. The average molecular weight is 639 g/mol. The molecular formula is C28H29F3N4O8S. The van der Waals surface area contributed by atoms with Gasteiger partial charge in [-0.25, -0.2) is 9.78 Å². The average Bonchev–Trinajstić information content (AvgIpc) is 3.59. The number of hydrogen-bond donors (Lipinski definition) is 3. The van der Waals surface area contributed by atoms with Crippen molar-refractivity contribution in [3.05, 3.63) is 72.7 Å². The molecule has 0 bridgehead atoms.